The van der Waals surface area contributed by atoms with Crippen molar-refractivity contribution in [1.29, 1.82) is 0 Å². The Kier molecular flexibility index (Phi) is 7.15. The lowest BCUT2D eigenvalue weighted by atomic mass is 10.0. The molecule has 4 N–H and O–H groups in total. The molecule has 0 saturated carbocycles. The van der Waals surface area contributed by atoms with Gasteiger partial charge in [-0.15, -0.1) is 23.1 Å². The van der Waals surface area contributed by atoms with Crippen LogP contribution in [0.2, 0.25) is 0 Å². The number of β-lactam (4-membered cyclic amide) rings is 1. The van der Waals surface area contributed by atoms with Crippen molar-refractivity contribution < 1.29 is 38.7 Å². The number of nitrogens with one attached hydrogen (secondary N) is 1. The number of hydrogen-bond acceptors (Lipinski definition) is 11. The van der Waals surface area contributed by atoms with Gasteiger partial charge in [-0.25, -0.2) is 9.78 Å². The number of carbonyl (C=O) groups excluding carboxylic acids is 3. The number of rotatable bonds is 9. The molecule has 3 heterocycles. The summed E-state index contributed by atoms with van der Waals surface area (Å²) in [4.78, 5) is 59.4. The van der Waals surface area contributed by atoms with E-state index in [4.69, 9.17) is 10.6 Å². The molecule has 3 rings (SSSR count). The summed E-state index contributed by atoms with van der Waals surface area (Å²) in [5.41, 5.74) is 3.96. The van der Waals surface area contributed by atoms with E-state index in [2.05, 4.69) is 15.5 Å². The van der Waals surface area contributed by atoms with Crippen molar-refractivity contribution in [2.24, 2.45) is 5.16 Å². The average Bonchev–Trinajstić information content (AvgIpc) is 3.16. The largest absolute Gasteiger partial charge is 0.543 e. The van der Waals surface area contributed by atoms with Gasteiger partial charge in [-0.05, 0) is 13.8 Å². The fraction of sp³-hybridized carbons (Fsp3) is 0.500. The molecule has 1 saturated heterocycles. The number of nitrogen functional groups attached to an aromatic ring is 1. The average molecular weight is 527 g/mol. The van der Waals surface area contributed by atoms with Gasteiger partial charge in [0.05, 0.1) is 32.8 Å². The molecule has 0 bridgehead atoms. The number of carboxylic acid groups (broad SMARTS) is 2. The first-order valence-electron chi connectivity index (χ1n) is 10.3. The van der Waals surface area contributed by atoms with Gasteiger partial charge in [0.25, 0.3) is 11.8 Å². The summed E-state index contributed by atoms with van der Waals surface area (Å²) in [5.74, 6) is -3.89. The van der Waals surface area contributed by atoms with Crippen LogP contribution >= 0.6 is 23.1 Å². The molecule has 0 radical (unpaired) electrons. The van der Waals surface area contributed by atoms with Crippen molar-refractivity contribution in [1.82, 2.24) is 15.2 Å². The first-order valence-corrected chi connectivity index (χ1v) is 12.3. The number of quaternary nitrogens is 1. The van der Waals surface area contributed by atoms with Crippen molar-refractivity contribution in [3.63, 3.8) is 0 Å². The van der Waals surface area contributed by atoms with Crippen LogP contribution in [0.1, 0.15) is 19.5 Å². The molecule has 2 atom stereocenters. The van der Waals surface area contributed by atoms with Gasteiger partial charge in [-0.2, -0.15) is 0 Å². The third kappa shape index (κ3) is 5.57. The molecule has 15 heteroatoms. The van der Waals surface area contributed by atoms with Gasteiger partial charge in [0.1, 0.15) is 23.7 Å². The molecule has 13 nitrogen and oxygen atoms in total. The van der Waals surface area contributed by atoms with Crippen molar-refractivity contribution >= 4 is 57.7 Å². The van der Waals surface area contributed by atoms with E-state index in [-0.39, 0.29) is 22.2 Å². The second-order valence-corrected chi connectivity index (χ2v) is 11.5. The summed E-state index contributed by atoms with van der Waals surface area (Å²) < 4.78 is 0.461. The molecule has 0 unspecified atom stereocenters. The Morgan fingerprint density at radius 1 is 1.40 bits per heavy atom. The van der Waals surface area contributed by atoms with Crippen molar-refractivity contribution in [3.05, 3.63) is 22.3 Å². The smallest absolute Gasteiger partial charge is 0.350 e. The highest BCUT2D eigenvalue weighted by molar-refractivity contribution is 8.00. The Balaban J connectivity index is 1.84. The molecule has 1 fully saturated rings. The van der Waals surface area contributed by atoms with E-state index in [0.717, 1.165) is 16.2 Å². The van der Waals surface area contributed by atoms with Crippen molar-refractivity contribution in [2.75, 3.05) is 39.2 Å². The maximum Gasteiger partial charge on any atom is 0.350 e. The van der Waals surface area contributed by atoms with Gasteiger partial charge in [0, 0.05) is 16.7 Å². The van der Waals surface area contributed by atoms with Gasteiger partial charge in [0.15, 0.2) is 10.8 Å². The predicted molar refractivity (Wildman–Crippen MR) is 126 cm³/mol. The zero-order valence-corrected chi connectivity index (χ0v) is 21.4. The quantitative estimate of drug-likeness (QED) is 0.147. The number of likely N-dealkylation sites (N-methyl/N-ethyl adjacent to an activating group) is 1. The zero-order chi connectivity index (χ0) is 26.3. The van der Waals surface area contributed by atoms with E-state index in [9.17, 15) is 29.4 Å². The Labute approximate surface area is 209 Å². The van der Waals surface area contributed by atoms with E-state index in [1.165, 1.54) is 31.0 Å². The van der Waals surface area contributed by atoms with Gasteiger partial charge < -0.3 is 35.4 Å². The number of carboxylic acids is 2. The lowest BCUT2D eigenvalue weighted by Gasteiger charge is -2.51. The summed E-state index contributed by atoms with van der Waals surface area (Å²) in [7, 11) is 5.70. The topological polar surface area (TPSA) is 187 Å². The van der Waals surface area contributed by atoms with Crippen LogP contribution < -0.4 is 16.2 Å². The third-order valence-electron chi connectivity index (χ3n) is 5.05. The Morgan fingerprint density at radius 3 is 2.57 bits per heavy atom. The number of anilines is 1. The third-order valence-corrected chi connectivity index (χ3v) is 7.07. The molecule has 2 aliphatic heterocycles. The number of fused-ring (bicyclic) bond motifs is 1. The maximum atomic E-state index is 13.1. The number of carbonyl (C=O) groups is 4. The number of thioether (sulfide) groups is 1. The molecule has 1 aromatic heterocycles. The molecule has 1 aromatic rings. The van der Waals surface area contributed by atoms with Crippen LogP contribution in [0.25, 0.3) is 0 Å². The molecule has 0 aromatic carbocycles. The van der Waals surface area contributed by atoms with Crippen LogP contribution in [-0.2, 0) is 24.0 Å². The molecule has 2 amide bonds. The fourth-order valence-electron chi connectivity index (χ4n) is 3.38. The number of nitrogens with two attached hydrogens (primary N) is 1. The first-order chi connectivity index (χ1) is 16.1. The monoisotopic (exact) mass is 526 g/mol. The number of thiazole rings is 1. The predicted octanol–water partition coefficient (Wildman–Crippen LogP) is -1.58. The van der Waals surface area contributed by atoms with Gasteiger partial charge >= 0.3 is 5.97 Å². The number of aliphatic carboxylic acids is 2. The van der Waals surface area contributed by atoms with Crippen LogP contribution in [-0.4, -0.2) is 99.4 Å². The van der Waals surface area contributed by atoms with Crippen LogP contribution in [0.4, 0.5) is 5.13 Å². The van der Waals surface area contributed by atoms with E-state index >= 15 is 0 Å². The number of nitrogens with zero attached hydrogens (tertiary/aromatic N) is 4. The Morgan fingerprint density at radius 2 is 2.06 bits per heavy atom. The zero-order valence-electron chi connectivity index (χ0n) is 19.7. The van der Waals surface area contributed by atoms with Crippen LogP contribution in [0.15, 0.2) is 21.8 Å². The second kappa shape index (κ2) is 9.47. The maximum absolute atomic E-state index is 13.1. The minimum absolute atomic E-state index is 0.0340. The van der Waals surface area contributed by atoms with E-state index < -0.39 is 40.8 Å². The van der Waals surface area contributed by atoms with Gasteiger partial charge in [0.2, 0.25) is 5.60 Å². The summed E-state index contributed by atoms with van der Waals surface area (Å²) in [6.07, 6.45) is 0. The van der Waals surface area contributed by atoms with E-state index in [0.29, 0.717) is 22.4 Å². The highest BCUT2D eigenvalue weighted by Gasteiger charge is 2.53. The van der Waals surface area contributed by atoms with Crippen LogP contribution in [0.3, 0.4) is 0 Å². The highest BCUT2D eigenvalue weighted by atomic mass is 32.2. The minimum atomic E-state index is -1.74. The number of aromatic nitrogens is 1. The molecule has 35 heavy (non-hydrogen) atoms. The molecule has 190 valence electrons. The molecule has 0 spiro atoms. The number of amides is 2. The summed E-state index contributed by atoms with van der Waals surface area (Å²) >= 11 is 2.35. The van der Waals surface area contributed by atoms with E-state index in [1.54, 1.807) is 0 Å². The van der Waals surface area contributed by atoms with Crippen molar-refractivity contribution in [3.8, 4) is 0 Å². The Hall–Kier alpha value is -3.17. The number of hydrogen-bond donors (Lipinski definition) is 3. The SMILES string of the molecule is CC(C)(O/N=C(\C(=O)N[C@@H]1C(=O)N2C(C(=O)[O-])=C(C[N+](C)(C)C)CS[C@H]12)c1csc(N)n1)C(=O)O. The Bertz CT molecular complexity index is 1140. The summed E-state index contributed by atoms with van der Waals surface area (Å²) in [5, 5.41) is 28.3. The van der Waals surface area contributed by atoms with Crippen molar-refractivity contribution in [2.45, 2.75) is 30.9 Å². The minimum Gasteiger partial charge on any atom is -0.543 e. The second-order valence-electron chi connectivity index (χ2n) is 9.47. The first kappa shape index (κ1) is 26.4. The molecule has 0 aliphatic carbocycles. The lowest BCUT2D eigenvalue weighted by molar-refractivity contribution is -0.865. The number of oxime groups is 1. The molecular formula is C20H26N6O7S2. The fourth-order valence-corrected chi connectivity index (χ4v) is 5.26. The van der Waals surface area contributed by atoms with Gasteiger partial charge in [-0.3, -0.25) is 14.5 Å². The normalized spacial score (nSPS) is 20.8. The lowest BCUT2D eigenvalue weighted by Crippen LogP contribution is -2.71. The molecule has 2 aliphatic rings. The van der Waals surface area contributed by atoms with Crippen LogP contribution in [0.5, 0.6) is 0 Å². The van der Waals surface area contributed by atoms with Crippen LogP contribution in [0, 0.1) is 0 Å². The molecular weight excluding hydrogens is 500 g/mol. The highest BCUT2D eigenvalue weighted by Crippen LogP contribution is 2.40. The summed E-state index contributed by atoms with van der Waals surface area (Å²) in [6, 6.07) is -1.04. The van der Waals surface area contributed by atoms with Gasteiger partial charge in [-0.1, -0.05) is 5.16 Å². The standard InChI is InChI=1S/C20H26N6O7S2/c1-20(2,18(31)32)33-24-11(10-8-35-19(21)22-10)14(27)23-12-15(28)25-13(17(29)30)9(6-26(3,4)5)7-34-16(12)25/h8,12,16H,6-7H2,1-5H3,(H4-,21,22,23,27,29,30,31,32)/b24-11-/t12-,16-/m1/s1. The van der Waals surface area contributed by atoms with E-state index in [1.807, 2.05) is 21.1 Å². The summed E-state index contributed by atoms with van der Waals surface area (Å²) in [6.45, 7) is 2.90.